The quantitative estimate of drug-likeness (QED) is 0.471. The number of hydrogen-bond acceptors (Lipinski definition) is 3. The van der Waals surface area contributed by atoms with E-state index in [0.717, 1.165) is 0 Å². The Hall–Kier alpha value is -1.72. The van der Waals surface area contributed by atoms with Gasteiger partial charge in [0.1, 0.15) is 17.0 Å². The van der Waals surface area contributed by atoms with Gasteiger partial charge in [0.05, 0.1) is 5.69 Å². The van der Waals surface area contributed by atoms with Crippen molar-refractivity contribution in [3.63, 3.8) is 0 Å². The Kier molecular flexibility index (Phi) is 3.35. The lowest BCUT2D eigenvalue weighted by atomic mass is 10.1. The summed E-state index contributed by atoms with van der Waals surface area (Å²) in [5, 5.41) is 0. The van der Waals surface area contributed by atoms with Crippen LogP contribution in [0.3, 0.4) is 0 Å². The minimum Gasteiger partial charge on any atom is -0.456 e. The van der Waals surface area contributed by atoms with Crippen molar-refractivity contribution in [3.8, 4) is 0 Å². The number of carbonyl (C=O) groups excluding carboxylic acids is 1. The fraction of sp³-hybridized carbons (Fsp3) is 0.364. The fourth-order valence-corrected chi connectivity index (χ4v) is 1.15. The van der Waals surface area contributed by atoms with Crippen LogP contribution in [0, 0.1) is 17.5 Å². The number of anilines is 1. The number of ether oxygens (including phenoxy) is 1. The van der Waals surface area contributed by atoms with Crippen LogP contribution in [0.5, 0.6) is 0 Å². The molecule has 0 saturated heterocycles. The molecule has 94 valence electrons. The van der Waals surface area contributed by atoms with Crippen molar-refractivity contribution < 1.29 is 22.7 Å². The smallest absolute Gasteiger partial charge is 0.343 e. The first-order chi connectivity index (χ1) is 7.63. The topological polar surface area (TPSA) is 52.3 Å². The highest BCUT2D eigenvalue weighted by Crippen LogP contribution is 2.25. The third kappa shape index (κ3) is 2.89. The Morgan fingerprint density at radius 1 is 1.24 bits per heavy atom. The molecule has 0 bridgehead atoms. The summed E-state index contributed by atoms with van der Waals surface area (Å²) in [5.74, 6) is -5.30. The highest BCUT2D eigenvalue weighted by Gasteiger charge is 2.26. The van der Waals surface area contributed by atoms with E-state index >= 15 is 0 Å². The zero-order valence-corrected chi connectivity index (χ0v) is 9.61. The Morgan fingerprint density at radius 3 is 2.24 bits per heavy atom. The first-order valence-corrected chi connectivity index (χ1v) is 4.80. The first-order valence-electron chi connectivity index (χ1n) is 4.80. The van der Waals surface area contributed by atoms with E-state index in [1.54, 1.807) is 20.8 Å². The van der Waals surface area contributed by atoms with Gasteiger partial charge in [0.2, 0.25) is 0 Å². The predicted molar refractivity (Wildman–Crippen MR) is 55.9 cm³/mol. The van der Waals surface area contributed by atoms with Crippen LogP contribution < -0.4 is 5.73 Å². The summed E-state index contributed by atoms with van der Waals surface area (Å²) in [4.78, 5) is 11.5. The van der Waals surface area contributed by atoms with E-state index in [2.05, 4.69) is 0 Å². The molecule has 6 heteroatoms. The number of nitrogens with two attached hydrogens (primary N) is 1. The highest BCUT2D eigenvalue weighted by molar-refractivity contribution is 5.95. The van der Waals surface area contributed by atoms with Crippen LogP contribution in [-0.4, -0.2) is 11.6 Å². The normalized spacial score (nSPS) is 11.4. The highest BCUT2D eigenvalue weighted by atomic mass is 19.2. The van der Waals surface area contributed by atoms with Crippen molar-refractivity contribution in [2.24, 2.45) is 0 Å². The lowest BCUT2D eigenvalue weighted by Gasteiger charge is -2.20. The number of halogens is 3. The number of carbonyl (C=O) groups is 1. The van der Waals surface area contributed by atoms with Crippen molar-refractivity contribution in [1.29, 1.82) is 0 Å². The van der Waals surface area contributed by atoms with Gasteiger partial charge in [-0.25, -0.2) is 18.0 Å². The molecule has 0 saturated carbocycles. The monoisotopic (exact) mass is 247 g/mol. The van der Waals surface area contributed by atoms with E-state index in [9.17, 15) is 18.0 Å². The number of rotatable bonds is 1. The van der Waals surface area contributed by atoms with Crippen molar-refractivity contribution in [2.75, 3.05) is 5.73 Å². The second-order valence-electron chi connectivity index (χ2n) is 4.44. The van der Waals surface area contributed by atoms with Crippen molar-refractivity contribution in [2.45, 2.75) is 26.4 Å². The molecular weight excluding hydrogens is 235 g/mol. The molecule has 0 radical (unpaired) electrons. The van der Waals surface area contributed by atoms with Crippen LogP contribution >= 0.6 is 0 Å². The SMILES string of the molecule is CC(C)(C)OC(=O)c1c(F)cc(F)c(F)c1N. The molecule has 0 fully saturated rings. The Bertz CT molecular complexity index is 467. The number of hydrogen-bond donors (Lipinski definition) is 1. The summed E-state index contributed by atoms with van der Waals surface area (Å²) in [5.41, 5.74) is 2.58. The maximum absolute atomic E-state index is 13.3. The zero-order valence-electron chi connectivity index (χ0n) is 9.61. The summed E-state index contributed by atoms with van der Waals surface area (Å²) >= 11 is 0. The summed E-state index contributed by atoms with van der Waals surface area (Å²) in [7, 11) is 0. The molecule has 0 aliphatic heterocycles. The average Bonchev–Trinajstić information content (AvgIpc) is 2.11. The molecule has 0 amide bonds. The molecule has 0 aromatic heterocycles. The Labute approximate surface area is 96.4 Å². The van der Waals surface area contributed by atoms with E-state index in [1.165, 1.54) is 0 Å². The Morgan fingerprint density at radius 2 is 1.76 bits per heavy atom. The maximum Gasteiger partial charge on any atom is 0.343 e. The van der Waals surface area contributed by atoms with E-state index < -0.39 is 40.3 Å². The average molecular weight is 247 g/mol. The molecule has 2 N–H and O–H groups in total. The van der Waals surface area contributed by atoms with Gasteiger partial charge < -0.3 is 10.5 Å². The van der Waals surface area contributed by atoms with Crippen LogP contribution in [0.2, 0.25) is 0 Å². The standard InChI is InChI=1S/C11H12F3NO2/c1-11(2,3)17-10(16)7-5(12)4-6(13)8(14)9(7)15/h4H,15H2,1-3H3. The van der Waals surface area contributed by atoms with Crippen molar-refractivity contribution >= 4 is 11.7 Å². The second-order valence-corrected chi connectivity index (χ2v) is 4.44. The van der Waals surface area contributed by atoms with Gasteiger partial charge in [0.25, 0.3) is 0 Å². The van der Waals surface area contributed by atoms with E-state index in [-0.39, 0.29) is 6.07 Å². The van der Waals surface area contributed by atoms with Crippen LogP contribution in [0.1, 0.15) is 31.1 Å². The largest absolute Gasteiger partial charge is 0.456 e. The lowest BCUT2D eigenvalue weighted by molar-refractivity contribution is 0.00655. The van der Waals surface area contributed by atoms with Gasteiger partial charge in [-0.3, -0.25) is 0 Å². The summed E-state index contributed by atoms with van der Waals surface area (Å²) in [6.45, 7) is 4.66. The summed E-state index contributed by atoms with van der Waals surface area (Å²) < 4.78 is 44.0. The van der Waals surface area contributed by atoms with Gasteiger partial charge in [-0.05, 0) is 20.8 Å². The minimum absolute atomic E-state index is 0.255. The number of esters is 1. The molecule has 0 heterocycles. The molecule has 1 aromatic rings. The first kappa shape index (κ1) is 13.3. The number of benzene rings is 1. The van der Waals surface area contributed by atoms with Gasteiger partial charge in [0, 0.05) is 6.07 Å². The van der Waals surface area contributed by atoms with Gasteiger partial charge >= 0.3 is 5.97 Å². The molecule has 0 aliphatic rings. The zero-order chi connectivity index (χ0) is 13.4. The van der Waals surface area contributed by atoms with E-state index in [4.69, 9.17) is 10.5 Å². The fourth-order valence-electron chi connectivity index (χ4n) is 1.15. The molecule has 3 nitrogen and oxygen atoms in total. The minimum atomic E-state index is -1.47. The third-order valence-corrected chi connectivity index (χ3v) is 1.81. The van der Waals surface area contributed by atoms with Gasteiger partial charge in [-0.1, -0.05) is 0 Å². The van der Waals surface area contributed by atoms with Gasteiger partial charge in [0.15, 0.2) is 11.6 Å². The van der Waals surface area contributed by atoms with Crippen LogP contribution in [-0.2, 0) is 4.74 Å². The second kappa shape index (κ2) is 4.27. The molecule has 17 heavy (non-hydrogen) atoms. The summed E-state index contributed by atoms with van der Waals surface area (Å²) in [6, 6.07) is 0.255. The molecule has 0 aliphatic carbocycles. The molecule has 0 atom stereocenters. The molecule has 1 rings (SSSR count). The number of nitrogen functional groups attached to an aromatic ring is 1. The van der Waals surface area contributed by atoms with Crippen molar-refractivity contribution in [1.82, 2.24) is 0 Å². The maximum atomic E-state index is 13.3. The van der Waals surface area contributed by atoms with E-state index in [0.29, 0.717) is 0 Å². The van der Waals surface area contributed by atoms with Crippen molar-refractivity contribution in [3.05, 3.63) is 29.1 Å². The molecule has 0 spiro atoms. The van der Waals surface area contributed by atoms with Gasteiger partial charge in [-0.2, -0.15) is 0 Å². The van der Waals surface area contributed by atoms with Crippen LogP contribution in [0.15, 0.2) is 6.07 Å². The summed E-state index contributed by atoms with van der Waals surface area (Å²) in [6.07, 6.45) is 0. The molecular formula is C11H12F3NO2. The van der Waals surface area contributed by atoms with Crippen LogP contribution in [0.25, 0.3) is 0 Å². The molecule has 1 aromatic carbocycles. The van der Waals surface area contributed by atoms with Crippen LogP contribution in [0.4, 0.5) is 18.9 Å². The van der Waals surface area contributed by atoms with E-state index in [1.807, 2.05) is 0 Å². The Balaban J connectivity index is 3.24. The third-order valence-electron chi connectivity index (χ3n) is 1.81. The van der Waals surface area contributed by atoms with Gasteiger partial charge in [-0.15, -0.1) is 0 Å². The lowest BCUT2D eigenvalue weighted by Crippen LogP contribution is -2.25. The molecule has 0 unspecified atom stereocenters. The predicted octanol–water partition coefficient (Wildman–Crippen LogP) is 2.64.